The van der Waals surface area contributed by atoms with Gasteiger partial charge >= 0.3 is 5.97 Å². The van der Waals surface area contributed by atoms with Crippen LogP contribution in [0.1, 0.15) is 43.5 Å². The fourth-order valence-corrected chi connectivity index (χ4v) is 2.78. The molecule has 122 valence electrons. The van der Waals surface area contributed by atoms with Gasteiger partial charge in [0, 0.05) is 24.9 Å². The van der Waals surface area contributed by atoms with Gasteiger partial charge < -0.3 is 15.2 Å². The van der Waals surface area contributed by atoms with Gasteiger partial charge in [0.1, 0.15) is 6.04 Å². The van der Waals surface area contributed by atoms with Gasteiger partial charge in [0.2, 0.25) is 5.91 Å². The highest BCUT2D eigenvalue weighted by atomic mass is 16.5. The van der Waals surface area contributed by atoms with Crippen LogP contribution < -0.4 is 5.32 Å². The molecule has 1 saturated heterocycles. The fraction of sp³-hybridized carbons (Fsp3) is 0.667. The van der Waals surface area contributed by atoms with Crippen molar-refractivity contribution < 1.29 is 19.4 Å². The molecular formula is C15H23N3O4. The third kappa shape index (κ3) is 3.30. The first kappa shape index (κ1) is 16.5. The van der Waals surface area contributed by atoms with Crippen LogP contribution in [-0.2, 0) is 21.4 Å². The molecule has 1 unspecified atom stereocenters. The lowest BCUT2D eigenvalue weighted by molar-refractivity contribution is -0.143. The second-order valence-corrected chi connectivity index (χ2v) is 5.68. The quantitative estimate of drug-likeness (QED) is 0.823. The summed E-state index contributed by atoms with van der Waals surface area (Å²) in [6.45, 7) is 4.31. The summed E-state index contributed by atoms with van der Waals surface area (Å²) in [7, 11) is 1.84. The Bertz CT molecular complexity index is 555. The monoisotopic (exact) mass is 309 g/mol. The Hall–Kier alpha value is -1.89. The van der Waals surface area contributed by atoms with Crippen LogP contribution in [0, 0.1) is 12.8 Å². The Balaban J connectivity index is 2.11. The van der Waals surface area contributed by atoms with E-state index in [4.69, 9.17) is 9.84 Å². The summed E-state index contributed by atoms with van der Waals surface area (Å²) in [6, 6.07) is -0.839. The van der Waals surface area contributed by atoms with E-state index in [0.717, 1.165) is 11.3 Å². The van der Waals surface area contributed by atoms with Crippen LogP contribution in [-0.4, -0.2) is 39.4 Å². The van der Waals surface area contributed by atoms with Crippen molar-refractivity contribution in [2.45, 2.75) is 45.3 Å². The molecule has 2 N–H and O–H groups in total. The minimum absolute atomic E-state index is 0.258. The normalized spacial score (nSPS) is 22.5. The largest absolute Gasteiger partial charge is 0.480 e. The van der Waals surface area contributed by atoms with Gasteiger partial charge in [-0.05, 0) is 19.8 Å². The van der Waals surface area contributed by atoms with Crippen molar-refractivity contribution in [2.75, 3.05) is 6.61 Å². The van der Waals surface area contributed by atoms with Crippen LogP contribution in [0.25, 0.3) is 0 Å². The van der Waals surface area contributed by atoms with Gasteiger partial charge in [-0.15, -0.1) is 0 Å². The van der Waals surface area contributed by atoms with Crippen molar-refractivity contribution in [1.29, 1.82) is 0 Å². The molecule has 1 aliphatic heterocycles. The Morgan fingerprint density at radius 2 is 2.32 bits per heavy atom. The second kappa shape index (κ2) is 6.91. The van der Waals surface area contributed by atoms with E-state index >= 15 is 0 Å². The number of hydrogen-bond acceptors (Lipinski definition) is 4. The van der Waals surface area contributed by atoms with E-state index in [1.165, 1.54) is 0 Å². The Kier molecular flexibility index (Phi) is 5.18. The van der Waals surface area contributed by atoms with E-state index in [1.54, 1.807) is 10.9 Å². The third-order valence-corrected chi connectivity index (χ3v) is 4.20. The number of aromatic nitrogens is 2. The number of carbonyl (C=O) groups excluding carboxylic acids is 1. The number of aryl methyl sites for hydroxylation is 1. The average molecular weight is 309 g/mol. The second-order valence-electron chi connectivity index (χ2n) is 5.68. The number of carboxylic acid groups (broad SMARTS) is 1. The highest BCUT2D eigenvalue weighted by Crippen LogP contribution is 2.36. The molecule has 0 radical (unpaired) electrons. The number of ether oxygens (including phenoxy) is 1. The van der Waals surface area contributed by atoms with E-state index < -0.39 is 12.0 Å². The molecule has 1 aromatic rings. The van der Waals surface area contributed by atoms with Crippen molar-refractivity contribution in [3.8, 4) is 0 Å². The third-order valence-electron chi connectivity index (χ3n) is 4.20. The van der Waals surface area contributed by atoms with Gasteiger partial charge in [-0.3, -0.25) is 9.48 Å². The number of amides is 1. The maximum Gasteiger partial charge on any atom is 0.326 e. The average Bonchev–Trinajstić information content (AvgIpc) is 3.06. The lowest BCUT2D eigenvalue weighted by Crippen LogP contribution is -2.44. The van der Waals surface area contributed by atoms with Gasteiger partial charge in [-0.2, -0.15) is 5.10 Å². The zero-order chi connectivity index (χ0) is 16.3. The predicted molar refractivity (Wildman–Crippen MR) is 79.2 cm³/mol. The van der Waals surface area contributed by atoms with Gasteiger partial charge in [0.25, 0.3) is 0 Å². The van der Waals surface area contributed by atoms with Crippen molar-refractivity contribution in [3.63, 3.8) is 0 Å². The van der Waals surface area contributed by atoms with Crippen molar-refractivity contribution in [1.82, 2.24) is 15.1 Å². The Labute approximate surface area is 129 Å². The van der Waals surface area contributed by atoms with E-state index in [-0.39, 0.29) is 17.9 Å². The molecule has 0 spiro atoms. The smallest absolute Gasteiger partial charge is 0.326 e. The van der Waals surface area contributed by atoms with Gasteiger partial charge in [-0.25, -0.2) is 4.79 Å². The Morgan fingerprint density at radius 3 is 2.86 bits per heavy atom. The van der Waals surface area contributed by atoms with Crippen LogP contribution in [0.2, 0.25) is 0 Å². The molecule has 1 aromatic heterocycles. The van der Waals surface area contributed by atoms with Crippen LogP contribution in [0.3, 0.4) is 0 Å². The molecule has 0 bridgehead atoms. The van der Waals surface area contributed by atoms with Crippen LogP contribution >= 0.6 is 0 Å². The number of hydrogen-bond donors (Lipinski definition) is 2. The summed E-state index contributed by atoms with van der Waals surface area (Å²) in [4.78, 5) is 23.6. The minimum Gasteiger partial charge on any atom is -0.480 e. The lowest BCUT2D eigenvalue weighted by Gasteiger charge is -2.21. The zero-order valence-electron chi connectivity index (χ0n) is 13.2. The standard InChI is InChI=1S/C15H23N3O4/c1-4-5-12(15(20)21)17-14(19)10-6-7-22-13(10)11-8-16-18(3)9(11)2/h8,10,12-13H,4-7H2,1-3H3,(H,17,19)(H,20,21)/t10-,12?,13-/m0/s1. The van der Waals surface area contributed by atoms with Crippen LogP contribution in [0.15, 0.2) is 6.20 Å². The highest BCUT2D eigenvalue weighted by Gasteiger charge is 2.38. The molecule has 7 heteroatoms. The SMILES string of the molecule is CCCC(NC(=O)[C@H]1CCO[C@@H]1c1cnn(C)c1C)C(=O)O. The van der Waals surface area contributed by atoms with Crippen molar-refractivity contribution >= 4 is 11.9 Å². The van der Waals surface area contributed by atoms with E-state index in [0.29, 0.717) is 25.9 Å². The summed E-state index contributed by atoms with van der Waals surface area (Å²) >= 11 is 0. The molecular weight excluding hydrogens is 286 g/mol. The zero-order valence-corrected chi connectivity index (χ0v) is 13.2. The number of nitrogens with one attached hydrogen (secondary N) is 1. The number of carboxylic acids is 1. The molecule has 0 aromatic carbocycles. The molecule has 1 aliphatic rings. The van der Waals surface area contributed by atoms with Crippen LogP contribution in [0.5, 0.6) is 0 Å². The number of aliphatic carboxylic acids is 1. The molecule has 1 fully saturated rings. The van der Waals surface area contributed by atoms with E-state index in [9.17, 15) is 9.59 Å². The lowest BCUT2D eigenvalue weighted by atomic mass is 9.94. The summed E-state index contributed by atoms with van der Waals surface area (Å²) in [5.41, 5.74) is 1.84. The minimum atomic E-state index is -0.997. The molecule has 3 atom stereocenters. The topological polar surface area (TPSA) is 93.5 Å². The Morgan fingerprint density at radius 1 is 1.59 bits per heavy atom. The van der Waals surface area contributed by atoms with Gasteiger partial charge in [-0.1, -0.05) is 13.3 Å². The molecule has 7 nitrogen and oxygen atoms in total. The first-order valence-corrected chi connectivity index (χ1v) is 7.59. The first-order chi connectivity index (χ1) is 10.5. The molecule has 0 aliphatic carbocycles. The highest BCUT2D eigenvalue weighted by molar-refractivity contribution is 5.85. The maximum absolute atomic E-state index is 12.5. The van der Waals surface area contributed by atoms with E-state index in [2.05, 4.69) is 10.4 Å². The summed E-state index contributed by atoms with van der Waals surface area (Å²) < 4.78 is 7.45. The van der Waals surface area contributed by atoms with Crippen molar-refractivity contribution in [2.24, 2.45) is 13.0 Å². The number of nitrogens with zero attached hydrogens (tertiary/aromatic N) is 2. The summed E-state index contributed by atoms with van der Waals surface area (Å²) in [5, 5.41) is 16.0. The van der Waals surface area contributed by atoms with E-state index in [1.807, 2.05) is 20.9 Å². The van der Waals surface area contributed by atoms with Crippen LogP contribution in [0.4, 0.5) is 0 Å². The molecule has 2 heterocycles. The fourth-order valence-electron chi connectivity index (χ4n) is 2.78. The van der Waals surface area contributed by atoms with Gasteiger partial charge in [0.15, 0.2) is 0 Å². The molecule has 2 rings (SSSR count). The predicted octanol–water partition coefficient (Wildman–Crippen LogP) is 1.18. The molecule has 22 heavy (non-hydrogen) atoms. The molecule has 1 amide bonds. The van der Waals surface area contributed by atoms with Crippen molar-refractivity contribution in [3.05, 3.63) is 17.5 Å². The molecule has 0 saturated carbocycles. The maximum atomic E-state index is 12.5. The number of carbonyl (C=O) groups is 2. The first-order valence-electron chi connectivity index (χ1n) is 7.59. The van der Waals surface area contributed by atoms with Gasteiger partial charge in [0.05, 0.1) is 18.2 Å². The number of rotatable bonds is 6. The summed E-state index contributed by atoms with van der Waals surface area (Å²) in [6.07, 6.45) is 3.06. The summed E-state index contributed by atoms with van der Waals surface area (Å²) in [5.74, 6) is -1.63.